The average molecular weight is 507 g/mol. The van der Waals surface area contributed by atoms with E-state index in [9.17, 15) is 9.59 Å². The highest BCUT2D eigenvalue weighted by atomic mass is 79.9. The van der Waals surface area contributed by atoms with Crippen molar-refractivity contribution >= 4 is 27.7 Å². The number of esters is 1. The summed E-state index contributed by atoms with van der Waals surface area (Å²) in [6, 6.07) is 7.90. The Labute approximate surface area is 197 Å². The zero-order chi connectivity index (χ0) is 22.9. The summed E-state index contributed by atoms with van der Waals surface area (Å²) >= 11 is 3.64. The molecular weight excluding hydrogens is 476 g/mol. The number of hydrogen-bond donors (Lipinski definition) is 0. The second-order valence-corrected chi connectivity index (χ2v) is 10.7. The summed E-state index contributed by atoms with van der Waals surface area (Å²) in [4.78, 5) is 28.0. The minimum absolute atomic E-state index is 0.124. The van der Waals surface area contributed by atoms with Crippen molar-refractivity contribution in [3.63, 3.8) is 0 Å². The van der Waals surface area contributed by atoms with Crippen molar-refractivity contribution in [3.05, 3.63) is 34.3 Å². The number of halogens is 1. The molecule has 0 unspecified atom stereocenters. The Kier molecular flexibility index (Phi) is 5.18. The van der Waals surface area contributed by atoms with Gasteiger partial charge in [0.15, 0.2) is 5.79 Å². The maximum absolute atomic E-state index is 14.2. The van der Waals surface area contributed by atoms with Crippen LogP contribution in [0.1, 0.15) is 46.1 Å². The van der Waals surface area contributed by atoms with Crippen LogP contribution in [0.4, 0.5) is 0 Å². The van der Waals surface area contributed by atoms with Crippen molar-refractivity contribution in [1.82, 2.24) is 0 Å². The quantitative estimate of drug-likeness (QED) is 0.519. The highest BCUT2D eigenvalue weighted by molar-refractivity contribution is 9.10. The molecule has 0 aromatic heterocycles. The van der Waals surface area contributed by atoms with E-state index in [1.54, 1.807) is 0 Å². The Morgan fingerprint density at radius 1 is 1.22 bits per heavy atom. The Balaban J connectivity index is 1.68. The molecule has 174 valence electrons. The van der Waals surface area contributed by atoms with Crippen LogP contribution < -0.4 is 0 Å². The van der Waals surface area contributed by atoms with Crippen molar-refractivity contribution in [2.75, 3.05) is 19.8 Å². The van der Waals surface area contributed by atoms with E-state index in [4.69, 9.17) is 18.9 Å². The Morgan fingerprint density at radius 2 is 1.97 bits per heavy atom. The first-order chi connectivity index (χ1) is 15.2. The largest absolute Gasteiger partial charge is 0.465 e. The van der Waals surface area contributed by atoms with Crippen LogP contribution in [0.25, 0.3) is 0 Å². The van der Waals surface area contributed by atoms with Crippen LogP contribution in [-0.2, 0) is 35.0 Å². The molecule has 6 nitrogen and oxygen atoms in total. The molecule has 1 saturated heterocycles. The maximum atomic E-state index is 14.2. The maximum Gasteiger partial charge on any atom is 0.316 e. The van der Waals surface area contributed by atoms with Gasteiger partial charge in [0.25, 0.3) is 0 Å². The van der Waals surface area contributed by atoms with Crippen molar-refractivity contribution in [1.29, 1.82) is 0 Å². The summed E-state index contributed by atoms with van der Waals surface area (Å²) < 4.78 is 25.3. The molecule has 1 aliphatic heterocycles. The average Bonchev–Trinajstić information content (AvgIpc) is 2.95. The number of ether oxygens (including phenoxy) is 4. The van der Waals surface area contributed by atoms with Crippen LogP contribution in [0.2, 0.25) is 0 Å². The van der Waals surface area contributed by atoms with E-state index in [0.717, 1.165) is 10.0 Å². The summed E-state index contributed by atoms with van der Waals surface area (Å²) in [7, 11) is 0. The topological polar surface area (TPSA) is 71.1 Å². The monoisotopic (exact) mass is 506 g/mol. The molecule has 6 rings (SSSR count). The second kappa shape index (κ2) is 7.36. The minimum atomic E-state index is -1.06. The van der Waals surface area contributed by atoms with Crippen LogP contribution in [0.3, 0.4) is 0 Å². The van der Waals surface area contributed by atoms with Gasteiger partial charge in [-0.2, -0.15) is 0 Å². The van der Waals surface area contributed by atoms with Crippen LogP contribution >= 0.6 is 15.9 Å². The molecule has 0 spiro atoms. The molecule has 32 heavy (non-hydrogen) atoms. The third-order valence-corrected chi connectivity index (χ3v) is 9.04. The third kappa shape index (κ3) is 2.51. The smallest absolute Gasteiger partial charge is 0.316 e. The van der Waals surface area contributed by atoms with Gasteiger partial charge in [-0.15, -0.1) is 0 Å². The first-order valence-corrected chi connectivity index (χ1v) is 12.4. The van der Waals surface area contributed by atoms with Crippen molar-refractivity contribution in [2.24, 2.45) is 22.7 Å². The van der Waals surface area contributed by atoms with E-state index in [1.165, 1.54) is 0 Å². The first kappa shape index (κ1) is 22.5. The highest BCUT2D eigenvalue weighted by Gasteiger charge is 3.02. The molecule has 5 fully saturated rings. The lowest BCUT2D eigenvalue weighted by atomic mass is 9.67. The van der Waals surface area contributed by atoms with Gasteiger partial charge in [-0.05, 0) is 58.6 Å². The zero-order valence-corrected chi connectivity index (χ0v) is 20.7. The van der Waals surface area contributed by atoms with Gasteiger partial charge >= 0.3 is 5.97 Å². The summed E-state index contributed by atoms with van der Waals surface area (Å²) in [6.07, 6.45) is 1.46. The van der Waals surface area contributed by atoms with Crippen LogP contribution in [0, 0.1) is 22.7 Å². The van der Waals surface area contributed by atoms with E-state index in [2.05, 4.69) is 15.9 Å². The highest BCUT2D eigenvalue weighted by Crippen LogP contribution is 2.89. The molecule has 0 radical (unpaired) electrons. The number of ketones is 1. The molecule has 7 heteroatoms. The molecule has 0 N–H and O–H groups in total. The van der Waals surface area contributed by atoms with E-state index >= 15 is 0 Å². The van der Waals surface area contributed by atoms with Gasteiger partial charge in [-0.25, -0.2) is 0 Å². The fourth-order valence-electron chi connectivity index (χ4n) is 7.50. The number of fused-ring (bicyclic) bond motifs is 1. The summed E-state index contributed by atoms with van der Waals surface area (Å²) in [5, 5.41) is 0. The van der Waals surface area contributed by atoms with Gasteiger partial charge in [-0.3, -0.25) is 9.59 Å². The zero-order valence-electron chi connectivity index (χ0n) is 19.1. The Hall–Kier alpha value is -1.28. The lowest BCUT2D eigenvalue weighted by Crippen LogP contribution is -2.51. The van der Waals surface area contributed by atoms with E-state index in [1.807, 2.05) is 52.0 Å². The number of rotatable bonds is 7. The van der Waals surface area contributed by atoms with Gasteiger partial charge in [0, 0.05) is 22.9 Å². The predicted molar refractivity (Wildman–Crippen MR) is 120 cm³/mol. The molecule has 6 atom stereocenters. The SMILES string of the molecule is CCOC(=O)[C@]12[C@H]([C@H]3COC(C)(C)O3)[C@@H]3CC[C@@]1(OCC)[C@@]2(Cc1ccccc1Br)C3=O. The van der Waals surface area contributed by atoms with Crippen LogP contribution in [0.15, 0.2) is 28.7 Å². The Bertz CT molecular complexity index is 958. The molecule has 1 aromatic carbocycles. The Morgan fingerprint density at radius 3 is 2.59 bits per heavy atom. The second-order valence-electron chi connectivity index (χ2n) is 9.86. The van der Waals surface area contributed by atoms with Gasteiger partial charge in [0.1, 0.15) is 11.2 Å². The van der Waals surface area contributed by atoms with Gasteiger partial charge < -0.3 is 18.9 Å². The van der Waals surface area contributed by atoms with Crippen LogP contribution in [0.5, 0.6) is 0 Å². The fraction of sp³-hybridized carbons (Fsp3) is 0.680. The normalized spacial score (nSPS) is 41.0. The molecule has 0 amide bonds. The number of Topliss-reactive ketones (excluding diaryl/α,β-unsaturated/α-hetero) is 1. The van der Waals surface area contributed by atoms with Gasteiger partial charge in [0.2, 0.25) is 0 Å². The van der Waals surface area contributed by atoms with Gasteiger partial charge in [0.05, 0.1) is 30.3 Å². The molecule has 4 saturated carbocycles. The number of hydrogen-bond acceptors (Lipinski definition) is 6. The molecule has 5 aliphatic rings. The van der Waals surface area contributed by atoms with E-state index < -0.39 is 22.2 Å². The first-order valence-electron chi connectivity index (χ1n) is 11.6. The van der Waals surface area contributed by atoms with Crippen molar-refractivity contribution in [2.45, 2.75) is 64.4 Å². The molecule has 4 bridgehead atoms. The molecule has 1 heterocycles. The summed E-state index contributed by atoms with van der Waals surface area (Å²) in [5.74, 6) is -1.52. The van der Waals surface area contributed by atoms with Crippen LogP contribution in [-0.4, -0.2) is 49.1 Å². The van der Waals surface area contributed by atoms with Crippen molar-refractivity contribution < 1.29 is 28.5 Å². The third-order valence-electron chi connectivity index (χ3n) is 8.27. The number of carbonyl (C=O) groups excluding carboxylic acids is 2. The number of benzene rings is 1. The van der Waals surface area contributed by atoms with E-state index in [0.29, 0.717) is 32.5 Å². The van der Waals surface area contributed by atoms with E-state index in [-0.39, 0.29) is 36.3 Å². The fourth-order valence-corrected chi connectivity index (χ4v) is 7.93. The standard InChI is InChI=1S/C25H31BrO6/c1-5-29-21(28)25-19(18-14-31-22(3,4)32-18)16-11-12-24(25,30-6-2)23(25,20(16)27)13-15-9-7-8-10-17(15)26/h7-10,16,18-19H,5-6,11-14H2,1-4H3/t16-,18+,19-,23+,24+,25-/m0/s1. The molecule has 4 aliphatic carbocycles. The minimum Gasteiger partial charge on any atom is -0.465 e. The van der Waals surface area contributed by atoms with Gasteiger partial charge in [-0.1, -0.05) is 34.1 Å². The lowest BCUT2D eigenvalue weighted by molar-refractivity contribution is -0.179. The number of carbonyl (C=O) groups is 2. The summed E-state index contributed by atoms with van der Waals surface area (Å²) in [6.45, 7) is 8.52. The summed E-state index contributed by atoms with van der Waals surface area (Å²) in [5.41, 5.74) is -1.88. The molecule has 1 aromatic rings. The lowest BCUT2D eigenvalue weighted by Gasteiger charge is -2.42. The van der Waals surface area contributed by atoms with Crippen molar-refractivity contribution in [3.8, 4) is 0 Å². The predicted octanol–water partition coefficient (Wildman–Crippen LogP) is 4.08. The molecular formula is C25H31BrO6.